The second-order valence-electron chi connectivity index (χ2n) is 8.32. The van der Waals surface area contributed by atoms with Crippen molar-refractivity contribution in [2.45, 2.75) is 122 Å². The molecule has 1 nitrogen and oxygen atoms in total. The molecule has 0 atom stereocenters. The van der Waals surface area contributed by atoms with Crippen molar-refractivity contribution in [3.8, 4) is 0 Å². The third kappa shape index (κ3) is 14.9. The fraction of sp³-hybridized carbons (Fsp3) is 0.769. The van der Waals surface area contributed by atoms with Crippen LogP contribution in [0.4, 0.5) is 0 Å². The molecule has 1 radical (unpaired) electrons. The minimum atomic E-state index is -0.00152. The van der Waals surface area contributed by atoms with Crippen LogP contribution in [0.2, 0.25) is 0 Å². The molecule has 0 amide bonds. The van der Waals surface area contributed by atoms with Gasteiger partial charge in [-0.2, -0.15) is 0 Å². The van der Waals surface area contributed by atoms with Gasteiger partial charge in [-0.1, -0.05) is 128 Å². The van der Waals surface area contributed by atoms with Crippen LogP contribution in [0.15, 0.2) is 24.3 Å². The molecule has 0 fully saturated rings. The van der Waals surface area contributed by atoms with Gasteiger partial charge in [-0.05, 0) is 30.4 Å². The summed E-state index contributed by atoms with van der Waals surface area (Å²) in [7, 11) is 0. The van der Waals surface area contributed by atoms with Crippen molar-refractivity contribution in [2.75, 3.05) is 6.61 Å². The molecule has 1 aromatic carbocycles. The van der Waals surface area contributed by atoms with E-state index in [2.05, 4.69) is 31.2 Å². The van der Waals surface area contributed by atoms with Crippen molar-refractivity contribution in [3.63, 3.8) is 0 Å². The minimum absolute atomic E-state index is 0.00152. The maximum Gasteiger partial charge on any atom is 0.0862 e. The molecule has 0 saturated heterocycles. The first-order valence-corrected chi connectivity index (χ1v) is 12.0. The van der Waals surface area contributed by atoms with E-state index in [9.17, 15) is 5.11 Å². The fourth-order valence-electron chi connectivity index (χ4n) is 3.87. The van der Waals surface area contributed by atoms with Gasteiger partial charge in [0.1, 0.15) is 0 Å². The number of hydrogen-bond donors (Lipinski definition) is 0. The number of aryl methyl sites for hydroxylation is 1. The quantitative estimate of drug-likeness (QED) is 0.217. The maximum atomic E-state index is 10.6. The normalized spacial score (nSPS) is 11.2. The van der Waals surface area contributed by atoms with Gasteiger partial charge in [0.25, 0.3) is 0 Å². The first-order chi connectivity index (χ1) is 13.4. The Bertz CT molecular complexity index is 409. The number of benzene rings is 1. The van der Waals surface area contributed by atoms with E-state index in [0.29, 0.717) is 6.42 Å². The maximum absolute atomic E-state index is 10.6. The first-order valence-electron chi connectivity index (χ1n) is 12.0. The molecule has 0 bridgehead atoms. The van der Waals surface area contributed by atoms with E-state index in [1.807, 2.05) is 0 Å². The van der Waals surface area contributed by atoms with E-state index in [1.54, 1.807) is 0 Å². The van der Waals surface area contributed by atoms with E-state index < -0.39 is 0 Å². The van der Waals surface area contributed by atoms with Crippen LogP contribution < -0.4 is 0 Å². The summed E-state index contributed by atoms with van der Waals surface area (Å²) in [6.45, 7) is 2.29. The monoisotopic (exact) mass is 373 g/mol. The van der Waals surface area contributed by atoms with E-state index in [4.69, 9.17) is 0 Å². The third-order valence-electron chi connectivity index (χ3n) is 5.73. The lowest BCUT2D eigenvalue weighted by molar-refractivity contribution is 0.197. The van der Waals surface area contributed by atoms with Crippen LogP contribution in [-0.4, -0.2) is 6.61 Å². The van der Waals surface area contributed by atoms with Gasteiger partial charge in [-0.3, -0.25) is 0 Å². The molecule has 27 heavy (non-hydrogen) atoms. The van der Waals surface area contributed by atoms with Crippen LogP contribution >= 0.6 is 0 Å². The topological polar surface area (TPSA) is 19.9 Å². The number of rotatable bonds is 19. The largest absolute Gasteiger partial charge is 0.236 e. The summed E-state index contributed by atoms with van der Waals surface area (Å²) < 4.78 is 0. The molecule has 0 N–H and O–H groups in total. The van der Waals surface area contributed by atoms with Crippen molar-refractivity contribution in [2.24, 2.45) is 0 Å². The van der Waals surface area contributed by atoms with E-state index in [0.717, 1.165) is 0 Å². The average Bonchev–Trinajstić information content (AvgIpc) is 2.69. The molecule has 1 aromatic rings. The number of unbranched alkanes of at least 4 members (excludes halogenated alkanes) is 15. The summed E-state index contributed by atoms with van der Waals surface area (Å²) >= 11 is 0. The van der Waals surface area contributed by atoms with E-state index in [-0.39, 0.29) is 6.61 Å². The predicted octanol–water partition coefficient (Wildman–Crippen LogP) is 8.46. The summed E-state index contributed by atoms with van der Waals surface area (Å²) in [6.07, 6.45) is 24.7. The summed E-state index contributed by atoms with van der Waals surface area (Å²) in [5.74, 6) is 0. The Morgan fingerprint density at radius 1 is 0.481 bits per heavy atom. The Labute approximate surface area is 170 Å². The molecule has 0 unspecified atom stereocenters. The molecular formula is C26H45O. The van der Waals surface area contributed by atoms with Crippen LogP contribution in [0.5, 0.6) is 0 Å². The third-order valence-corrected chi connectivity index (χ3v) is 5.73. The Kier molecular flexibility index (Phi) is 16.6. The van der Waals surface area contributed by atoms with Crippen molar-refractivity contribution < 1.29 is 5.11 Å². The smallest absolute Gasteiger partial charge is 0.0862 e. The number of hydrogen-bond acceptors (Lipinski definition) is 0. The summed E-state index contributed by atoms with van der Waals surface area (Å²) in [4.78, 5) is 0. The summed E-state index contributed by atoms with van der Waals surface area (Å²) in [5, 5.41) is 10.6. The molecule has 0 aromatic heterocycles. The Morgan fingerprint density at radius 3 is 1.19 bits per heavy atom. The van der Waals surface area contributed by atoms with Gasteiger partial charge in [-0.15, -0.1) is 0 Å². The molecular weight excluding hydrogens is 328 g/mol. The van der Waals surface area contributed by atoms with Gasteiger partial charge in [0.05, 0.1) is 6.61 Å². The first kappa shape index (κ1) is 24.2. The highest BCUT2D eigenvalue weighted by molar-refractivity contribution is 5.22. The molecule has 0 aliphatic carbocycles. The van der Waals surface area contributed by atoms with E-state index in [1.165, 1.54) is 120 Å². The Morgan fingerprint density at radius 2 is 0.815 bits per heavy atom. The fourth-order valence-corrected chi connectivity index (χ4v) is 3.87. The van der Waals surface area contributed by atoms with Crippen molar-refractivity contribution in [1.29, 1.82) is 0 Å². The van der Waals surface area contributed by atoms with Gasteiger partial charge in [0, 0.05) is 0 Å². The van der Waals surface area contributed by atoms with E-state index >= 15 is 0 Å². The highest BCUT2D eigenvalue weighted by atomic mass is 16.2. The average molecular weight is 374 g/mol. The lowest BCUT2D eigenvalue weighted by Gasteiger charge is -2.05. The second kappa shape index (κ2) is 18.5. The van der Waals surface area contributed by atoms with Gasteiger partial charge in [0.15, 0.2) is 0 Å². The predicted molar refractivity (Wildman–Crippen MR) is 119 cm³/mol. The highest BCUT2D eigenvalue weighted by Crippen LogP contribution is 2.15. The SMILES string of the molecule is CCCCCCCCCCCCCCCCCCc1ccc(CC[O])cc1. The summed E-state index contributed by atoms with van der Waals surface area (Å²) in [5.41, 5.74) is 2.61. The van der Waals surface area contributed by atoms with Crippen molar-refractivity contribution >= 4 is 0 Å². The molecule has 0 saturated carbocycles. The van der Waals surface area contributed by atoms with Gasteiger partial charge < -0.3 is 0 Å². The molecule has 0 aliphatic heterocycles. The standard InChI is InChI=1S/C26H45O/c1-2-3-4-5-6-7-8-9-10-11-12-13-14-15-16-17-18-25-19-21-26(22-20-25)23-24-27/h19-22H,2-18,23-24H2,1H3. The van der Waals surface area contributed by atoms with Gasteiger partial charge in [0.2, 0.25) is 0 Å². The molecule has 0 heterocycles. The zero-order valence-electron chi connectivity index (χ0n) is 18.2. The Hall–Kier alpha value is -0.820. The highest BCUT2D eigenvalue weighted by Gasteiger charge is 1.97. The zero-order valence-corrected chi connectivity index (χ0v) is 18.2. The van der Waals surface area contributed by atoms with Gasteiger partial charge in [-0.25, -0.2) is 5.11 Å². The molecule has 0 aliphatic rings. The minimum Gasteiger partial charge on any atom is -0.236 e. The molecule has 0 spiro atoms. The van der Waals surface area contributed by atoms with Crippen molar-refractivity contribution in [1.82, 2.24) is 0 Å². The molecule has 1 heteroatoms. The second-order valence-corrected chi connectivity index (χ2v) is 8.32. The summed E-state index contributed by atoms with van der Waals surface area (Å²) in [6, 6.07) is 8.66. The molecule has 1 rings (SSSR count). The van der Waals surface area contributed by atoms with Crippen LogP contribution in [0.25, 0.3) is 0 Å². The van der Waals surface area contributed by atoms with Crippen LogP contribution in [0.1, 0.15) is 121 Å². The van der Waals surface area contributed by atoms with Crippen LogP contribution in [0.3, 0.4) is 0 Å². The lowest BCUT2D eigenvalue weighted by Crippen LogP contribution is -1.91. The Balaban J connectivity index is 1.79. The van der Waals surface area contributed by atoms with Crippen LogP contribution in [0, 0.1) is 0 Å². The van der Waals surface area contributed by atoms with Crippen LogP contribution in [-0.2, 0) is 17.9 Å². The lowest BCUT2D eigenvalue weighted by atomic mass is 10.0. The van der Waals surface area contributed by atoms with Gasteiger partial charge >= 0.3 is 0 Å². The zero-order chi connectivity index (χ0) is 19.4. The van der Waals surface area contributed by atoms with Crippen molar-refractivity contribution in [3.05, 3.63) is 35.4 Å². The molecule has 155 valence electrons.